The summed E-state index contributed by atoms with van der Waals surface area (Å²) in [5, 5.41) is 10.6. The average Bonchev–Trinajstić information content (AvgIpc) is 3.24. The van der Waals surface area contributed by atoms with Crippen LogP contribution in [0.5, 0.6) is 5.75 Å². The Kier molecular flexibility index (Phi) is 8.55. The summed E-state index contributed by atoms with van der Waals surface area (Å²) >= 11 is 12.5. The number of hydrogen-bond acceptors (Lipinski definition) is 3. The molecule has 5 rings (SSSR count). The van der Waals surface area contributed by atoms with Crippen LogP contribution in [0.3, 0.4) is 0 Å². The third kappa shape index (κ3) is 5.98. The van der Waals surface area contributed by atoms with Crippen molar-refractivity contribution in [2.24, 2.45) is 0 Å². The topological polar surface area (TPSA) is 49.8 Å². The highest BCUT2D eigenvalue weighted by atomic mass is 35.5. The minimum Gasteiger partial charge on any atom is -0.489 e. The molecule has 1 aliphatic carbocycles. The fourth-order valence-corrected chi connectivity index (χ4v) is 6.01. The molecule has 1 heterocycles. The van der Waals surface area contributed by atoms with Gasteiger partial charge in [-0.05, 0) is 84.7 Å². The van der Waals surface area contributed by atoms with Crippen molar-refractivity contribution in [3.8, 4) is 16.9 Å². The van der Waals surface area contributed by atoms with Crippen LogP contribution in [0.4, 0.5) is 8.78 Å². The van der Waals surface area contributed by atoms with E-state index in [-0.39, 0.29) is 28.9 Å². The molecule has 0 bridgehead atoms. The van der Waals surface area contributed by atoms with E-state index in [9.17, 15) is 14.3 Å². The van der Waals surface area contributed by atoms with Crippen LogP contribution in [0.2, 0.25) is 10.0 Å². The molecule has 0 saturated carbocycles. The maximum Gasteiger partial charge on any atom is 0.339 e. The van der Waals surface area contributed by atoms with Crippen molar-refractivity contribution in [3.63, 3.8) is 0 Å². The van der Waals surface area contributed by atoms with Gasteiger partial charge in [-0.3, -0.25) is 9.29 Å². The Morgan fingerprint density at radius 2 is 1.87 bits per heavy atom. The molecular formula is C31H29Cl2F2NO3. The Morgan fingerprint density at radius 3 is 2.59 bits per heavy atom. The molecule has 1 aliphatic heterocycles. The SMILES string of the molecule is O=C(O)c1c(-c2ccc(Cl)cc2Cl)cc2c(c1F)CCCC=C2c1ccc(O[C@H]2CCN(CCCF)C2)cc1. The number of rotatable bonds is 8. The molecule has 8 heteroatoms. The van der Waals surface area contributed by atoms with Gasteiger partial charge in [-0.15, -0.1) is 0 Å². The van der Waals surface area contributed by atoms with E-state index >= 15 is 4.39 Å². The van der Waals surface area contributed by atoms with Crippen molar-refractivity contribution < 1.29 is 23.4 Å². The summed E-state index contributed by atoms with van der Waals surface area (Å²) < 4.78 is 34.6. The van der Waals surface area contributed by atoms with Crippen LogP contribution < -0.4 is 4.74 Å². The Labute approximate surface area is 236 Å². The van der Waals surface area contributed by atoms with Crippen LogP contribution in [0.15, 0.2) is 54.6 Å². The molecule has 0 radical (unpaired) electrons. The van der Waals surface area contributed by atoms with Crippen LogP contribution in [0, 0.1) is 5.82 Å². The lowest BCUT2D eigenvalue weighted by Gasteiger charge is -2.19. The standard InChI is InChI=1S/C31H29Cl2F2NO3/c32-20-8-11-24(28(33)16-20)27-17-26-23(4-1-2-5-25(26)30(35)29(27)31(37)38)19-6-9-21(10-7-19)39-22-12-15-36(18-22)14-3-13-34/h4,6-11,16-17,22H,1-3,5,12-15,18H2,(H,37,38)/t22-/m0/s1. The number of fused-ring (bicyclic) bond motifs is 1. The largest absolute Gasteiger partial charge is 0.489 e. The summed E-state index contributed by atoms with van der Waals surface area (Å²) in [4.78, 5) is 14.4. The first-order valence-corrected chi connectivity index (χ1v) is 13.9. The zero-order valence-corrected chi connectivity index (χ0v) is 22.9. The predicted molar refractivity (Wildman–Crippen MR) is 151 cm³/mol. The summed E-state index contributed by atoms with van der Waals surface area (Å²) in [6.07, 6.45) is 5.44. The van der Waals surface area contributed by atoms with Gasteiger partial charge in [0.2, 0.25) is 0 Å². The van der Waals surface area contributed by atoms with Gasteiger partial charge in [-0.2, -0.15) is 0 Å². The molecular weight excluding hydrogens is 543 g/mol. The number of halogens is 4. The molecule has 1 fully saturated rings. The molecule has 0 amide bonds. The van der Waals surface area contributed by atoms with Gasteiger partial charge in [-0.1, -0.05) is 47.5 Å². The summed E-state index contributed by atoms with van der Waals surface area (Å²) in [6.45, 7) is 2.11. The van der Waals surface area contributed by atoms with Crippen LogP contribution >= 0.6 is 23.2 Å². The Balaban J connectivity index is 1.48. The third-order valence-corrected chi connectivity index (χ3v) is 7.93. The second kappa shape index (κ2) is 12.1. The van der Waals surface area contributed by atoms with Crippen molar-refractivity contribution >= 4 is 34.7 Å². The number of likely N-dealkylation sites (tertiary alicyclic amines) is 1. The number of carbonyl (C=O) groups is 1. The van der Waals surface area contributed by atoms with Gasteiger partial charge in [0.1, 0.15) is 23.2 Å². The number of carboxylic acid groups (broad SMARTS) is 1. The lowest BCUT2D eigenvalue weighted by molar-refractivity contribution is 0.0692. The number of ether oxygens (including phenoxy) is 1. The third-order valence-electron chi connectivity index (χ3n) is 7.38. The summed E-state index contributed by atoms with van der Waals surface area (Å²) in [5.41, 5.74) is 3.01. The lowest BCUT2D eigenvalue weighted by Crippen LogP contribution is -2.26. The van der Waals surface area contributed by atoms with Gasteiger partial charge < -0.3 is 9.84 Å². The van der Waals surface area contributed by atoms with Crippen molar-refractivity contribution in [3.05, 3.63) is 92.7 Å². The quantitative estimate of drug-likeness (QED) is 0.297. The van der Waals surface area contributed by atoms with E-state index < -0.39 is 11.8 Å². The fourth-order valence-electron chi connectivity index (χ4n) is 5.50. The van der Waals surface area contributed by atoms with E-state index in [1.54, 1.807) is 18.2 Å². The van der Waals surface area contributed by atoms with Crippen molar-refractivity contribution in [1.82, 2.24) is 4.90 Å². The first kappa shape index (κ1) is 27.6. The number of nitrogens with zero attached hydrogens (tertiary/aromatic N) is 1. The highest BCUT2D eigenvalue weighted by Gasteiger charge is 2.28. The van der Waals surface area contributed by atoms with Gasteiger partial charge >= 0.3 is 5.97 Å². The van der Waals surface area contributed by atoms with Gasteiger partial charge in [0.25, 0.3) is 0 Å². The molecule has 0 spiro atoms. The molecule has 1 saturated heterocycles. The first-order chi connectivity index (χ1) is 18.9. The summed E-state index contributed by atoms with van der Waals surface area (Å²) in [7, 11) is 0. The van der Waals surface area contributed by atoms with Gasteiger partial charge in [0.05, 0.1) is 6.67 Å². The molecule has 3 aromatic rings. The van der Waals surface area contributed by atoms with E-state index in [0.717, 1.165) is 49.4 Å². The number of allylic oxidation sites excluding steroid dienone is 1. The second-order valence-corrected chi connectivity index (χ2v) is 10.8. The molecule has 2 aliphatic rings. The number of aromatic carboxylic acids is 1. The van der Waals surface area contributed by atoms with Crippen molar-refractivity contribution in [2.45, 2.75) is 38.2 Å². The zero-order chi connectivity index (χ0) is 27.5. The van der Waals surface area contributed by atoms with Gasteiger partial charge in [0, 0.05) is 40.8 Å². The van der Waals surface area contributed by atoms with Crippen LogP contribution in [0.25, 0.3) is 16.7 Å². The highest BCUT2D eigenvalue weighted by Crippen LogP contribution is 2.41. The second-order valence-electron chi connectivity index (χ2n) is 9.97. The molecule has 4 nitrogen and oxygen atoms in total. The fraction of sp³-hybridized carbons (Fsp3) is 0.323. The Hall–Kier alpha value is -2.93. The van der Waals surface area contributed by atoms with E-state index in [1.807, 2.05) is 24.3 Å². The number of carboxylic acids is 1. The minimum absolute atomic E-state index is 0.0588. The highest BCUT2D eigenvalue weighted by molar-refractivity contribution is 6.36. The van der Waals surface area contributed by atoms with E-state index in [2.05, 4.69) is 11.0 Å². The maximum atomic E-state index is 15.9. The predicted octanol–water partition coefficient (Wildman–Crippen LogP) is 8.08. The van der Waals surface area contributed by atoms with Crippen LogP contribution in [-0.2, 0) is 6.42 Å². The zero-order valence-electron chi connectivity index (χ0n) is 21.4. The minimum atomic E-state index is -1.34. The molecule has 0 aromatic heterocycles. The molecule has 1 atom stereocenters. The molecule has 1 N–H and O–H groups in total. The lowest BCUT2D eigenvalue weighted by atomic mass is 9.87. The number of hydrogen-bond donors (Lipinski definition) is 1. The van der Waals surface area contributed by atoms with E-state index in [1.165, 1.54) is 6.07 Å². The van der Waals surface area contributed by atoms with Crippen molar-refractivity contribution in [1.29, 1.82) is 0 Å². The Morgan fingerprint density at radius 1 is 1.08 bits per heavy atom. The Bertz CT molecular complexity index is 1410. The average molecular weight is 572 g/mol. The first-order valence-electron chi connectivity index (χ1n) is 13.2. The monoisotopic (exact) mass is 571 g/mol. The van der Waals surface area contributed by atoms with E-state index in [0.29, 0.717) is 41.0 Å². The van der Waals surface area contributed by atoms with Crippen LogP contribution in [0.1, 0.15) is 52.7 Å². The number of alkyl halides is 1. The van der Waals surface area contributed by atoms with Gasteiger partial charge in [-0.25, -0.2) is 9.18 Å². The summed E-state index contributed by atoms with van der Waals surface area (Å²) in [5.74, 6) is -1.33. The van der Waals surface area contributed by atoms with Gasteiger partial charge in [0.15, 0.2) is 0 Å². The maximum absolute atomic E-state index is 15.9. The molecule has 204 valence electrons. The smallest absolute Gasteiger partial charge is 0.339 e. The van der Waals surface area contributed by atoms with Crippen molar-refractivity contribution in [2.75, 3.05) is 26.3 Å². The molecule has 39 heavy (non-hydrogen) atoms. The normalized spacial score (nSPS) is 17.4. The van der Waals surface area contributed by atoms with Crippen LogP contribution in [-0.4, -0.2) is 48.4 Å². The summed E-state index contributed by atoms with van der Waals surface area (Å²) in [6, 6.07) is 14.2. The number of benzene rings is 3. The molecule has 3 aromatic carbocycles. The van der Waals surface area contributed by atoms with E-state index in [4.69, 9.17) is 27.9 Å². The molecule has 0 unspecified atom stereocenters.